The number of hydrogen-bond donors (Lipinski definition) is 0. The SMILES string of the molecule is CCOC(=O)[C@H]1CCCN(C(=O)[C@H]2[C@@H](C(=O)[O-])[C@@H]3C=C[C@H]2C3)C1. The van der Waals surface area contributed by atoms with Crippen LogP contribution in [0.15, 0.2) is 12.2 Å². The third kappa shape index (κ3) is 2.86. The molecule has 126 valence electrons. The smallest absolute Gasteiger partial charge is 0.310 e. The average molecular weight is 320 g/mol. The van der Waals surface area contributed by atoms with Crippen molar-refractivity contribution in [3.63, 3.8) is 0 Å². The molecule has 0 radical (unpaired) electrons. The van der Waals surface area contributed by atoms with Gasteiger partial charge in [-0.25, -0.2) is 0 Å². The highest BCUT2D eigenvalue weighted by molar-refractivity contribution is 5.87. The Morgan fingerprint density at radius 1 is 1.22 bits per heavy atom. The fourth-order valence-electron chi connectivity index (χ4n) is 4.32. The molecule has 1 heterocycles. The molecule has 3 rings (SSSR count). The van der Waals surface area contributed by atoms with Crippen molar-refractivity contribution in [3.8, 4) is 0 Å². The first kappa shape index (κ1) is 16.0. The minimum atomic E-state index is -1.14. The lowest BCUT2D eigenvalue weighted by molar-refractivity contribution is -0.313. The van der Waals surface area contributed by atoms with Gasteiger partial charge in [-0.2, -0.15) is 0 Å². The van der Waals surface area contributed by atoms with Crippen LogP contribution in [-0.2, 0) is 19.1 Å². The fraction of sp³-hybridized carbons (Fsp3) is 0.706. The minimum absolute atomic E-state index is 0.0154. The number of aliphatic carboxylic acids is 1. The highest BCUT2D eigenvalue weighted by Gasteiger charge is 2.50. The van der Waals surface area contributed by atoms with Gasteiger partial charge in [-0.15, -0.1) is 0 Å². The number of carboxylic acids is 1. The zero-order valence-corrected chi connectivity index (χ0v) is 13.3. The van der Waals surface area contributed by atoms with Crippen molar-refractivity contribution in [2.24, 2.45) is 29.6 Å². The van der Waals surface area contributed by atoms with E-state index in [0.29, 0.717) is 32.5 Å². The number of allylic oxidation sites excluding steroid dienone is 2. The summed E-state index contributed by atoms with van der Waals surface area (Å²) >= 11 is 0. The van der Waals surface area contributed by atoms with E-state index in [1.165, 1.54) is 0 Å². The van der Waals surface area contributed by atoms with Crippen LogP contribution < -0.4 is 5.11 Å². The predicted molar refractivity (Wildman–Crippen MR) is 78.7 cm³/mol. The van der Waals surface area contributed by atoms with Crippen LogP contribution in [0.2, 0.25) is 0 Å². The summed E-state index contributed by atoms with van der Waals surface area (Å²) in [5.74, 6) is -3.25. The summed E-state index contributed by atoms with van der Waals surface area (Å²) in [6, 6.07) is 0. The maximum atomic E-state index is 12.9. The van der Waals surface area contributed by atoms with E-state index >= 15 is 0 Å². The lowest BCUT2D eigenvalue weighted by atomic mass is 9.81. The molecule has 0 N–H and O–H groups in total. The molecule has 6 nitrogen and oxygen atoms in total. The van der Waals surface area contributed by atoms with E-state index in [-0.39, 0.29) is 29.6 Å². The van der Waals surface area contributed by atoms with Crippen LogP contribution in [0.5, 0.6) is 0 Å². The number of likely N-dealkylation sites (tertiary alicyclic amines) is 1. The third-order valence-corrected chi connectivity index (χ3v) is 5.37. The van der Waals surface area contributed by atoms with Gasteiger partial charge in [0, 0.05) is 25.0 Å². The second-order valence-corrected chi connectivity index (χ2v) is 6.69. The number of ether oxygens (including phenoxy) is 1. The van der Waals surface area contributed by atoms with Gasteiger partial charge >= 0.3 is 5.97 Å². The van der Waals surface area contributed by atoms with Gasteiger partial charge in [0.15, 0.2) is 0 Å². The van der Waals surface area contributed by atoms with E-state index in [1.54, 1.807) is 11.8 Å². The predicted octanol–water partition coefficient (Wildman–Crippen LogP) is -0.0237. The molecule has 0 unspecified atom stereocenters. The Balaban J connectivity index is 1.71. The van der Waals surface area contributed by atoms with E-state index in [2.05, 4.69) is 0 Å². The van der Waals surface area contributed by atoms with Gasteiger partial charge < -0.3 is 19.5 Å². The Morgan fingerprint density at radius 2 is 1.91 bits per heavy atom. The van der Waals surface area contributed by atoms with Crippen LogP contribution in [0.4, 0.5) is 0 Å². The van der Waals surface area contributed by atoms with Crippen LogP contribution in [0, 0.1) is 29.6 Å². The normalized spacial score (nSPS) is 35.3. The zero-order valence-electron chi connectivity index (χ0n) is 13.3. The van der Waals surface area contributed by atoms with E-state index in [4.69, 9.17) is 4.74 Å². The largest absolute Gasteiger partial charge is 0.550 e. The lowest BCUT2D eigenvalue weighted by Gasteiger charge is -2.37. The van der Waals surface area contributed by atoms with Crippen LogP contribution in [0.25, 0.3) is 0 Å². The molecule has 1 aliphatic heterocycles. The molecule has 23 heavy (non-hydrogen) atoms. The number of carbonyl (C=O) groups is 3. The molecule has 1 saturated heterocycles. The summed E-state index contributed by atoms with van der Waals surface area (Å²) in [7, 11) is 0. The van der Waals surface area contributed by atoms with Gasteiger partial charge in [-0.1, -0.05) is 12.2 Å². The van der Waals surface area contributed by atoms with E-state index in [1.807, 2.05) is 12.2 Å². The van der Waals surface area contributed by atoms with Crippen LogP contribution in [0.3, 0.4) is 0 Å². The number of rotatable bonds is 4. The minimum Gasteiger partial charge on any atom is -0.550 e. The molecule has 2 bridgehead atoms. The number of piperidine rings is 1. The summed E-state index contributed by atoms with van der Waals surface area (Å²) in [4.78, 5) is 37.9. The Morgan fingerprint density at radius 3 is 2.57 bits per heavy atom. The number of amides is 1. The van der Waals surface area contributed by atoms with Gasteiger partial charge in [0.25, 0.3) is 0 Å². The summed E-state index contributed by atoms with van der Waals surface area (Å²) in [5.41, 5.74) is 0. The second kappa shape index (κ2) is 6.34. The standard InChI is InChI=1S/C17H23NO5/c1-2-23-17(22)12-4-3-7-18(9-12)15(19)13-10-5-6-11(8-10)14(13)16(20)21/h5-6,10-14H,2-4,7-9H2,1H3,(H,20,21)/p-1/t10-,11+,12-,13+,14-/m0/s1. The van der Waals surface area contributed by atoms with E-state index in [9.17, 15) is 19.5 Å². The van der Waals surface area contributed by atoms with Gasteiger partial charge in [-0.05, 0) is 38.0 Å². The quantitative estimate of drug-likeness (QED) is 0.536. The molecule has 0 aromatic carbocycles. The monoisotopic (exact) mass is 320 g/mol. The first-order valence-electron chi connectivity index (χ1n) is 8.37. The van der Waals surface area contributed by atoms with Gasteiger partial charge in [0.05, 0.1) is 18.4 Å². The first-order valence-corrected chi connectivity index (χ1v) is 8.37. The summed E-state index contributed by atoms with van der Waals surface area (Å²) in [6.07, 6.45) is 6.02. The van der Waals surface area contributed by atoms with Crippen molar-refractivity contribution in [2.75, 3.05) is 19.7 Å². The van der Waals surface area contributed by atoms with E-state index < -0.39 is 17.8 Å². The highest BCUT2D eigenvalue weighted by atomic mass is 16.5. The topological polar surface area (TPSA) is 86.7 Å². The molecular weight excluding hydrogens is 298 g/mol. The van der Waals surface area contributed by atoms with E-state index in [0.717, 1.165) is 6.42 Å². The maximum absolute atomic E-state index is 12.9. The Hall–Kier alpha value is -1.85. The third-order valence-electron chi connectivity index (χ3n) is 5.37. The molecule has 0 spiro atoms. The van der Waals surface area contributed by atoms with Crippen LogP contribution in [-0.4, -0.2) is 42.4 Å². The average Bonchev–Trinajstić information content (AvgIpc) is 3.15. The zero-order chi connectivity index (χ0) is 16.6. The molecule has 0 aromatic rings. The van der Waals surface area contributed by atoms with Gasteiger partial charge in [0.2, 0.25) is 5.91 Å². The van der Waals surface area contributed by atoms with Crippen molar-refractivity contribution < 1.29 is 24.2 Å². The second-order valence-electron chi connectivity index (χ2n) is 6.69. The Kier molecular flexibility index (Phi) is 4.41. The number of carboxylic acid groups (broad SMARTS) is 1. The molecule has 6 heteroatoms. The molecule has 1 saturated carbocycles. The first-order chi connectivity index (χ1) is 11.0. The van der Waals surface area contributed by atoms with Crippen molar-refractivity contribution >= 4 is 17.8 Å². The number of nitrogens with zero attached hydrogens (tertiary/aromatic N) is 1. The van der Waals surface area contributed by atoms with Gasteiger partial charge in [-0.3, -0.25) is 9.59 Å². The lowest BCUT2D eigenvalue weighted by Crippen LogP contribution is -2.50. The Labute approximate surface area is 135 Å². The molecule has 5 atom stereocenters. The number of carbonyl (C=O) groups excluding carboxylic acids is 3. The van der Waals surface area contributed by atoms with Crippen molar-refractivity contribution in [1.82, 2.24) is 4.90 Å². The van der Waals surface area contributed by atoms with Gasteiger partial charge in [0.1, 0.15) is 0 Å². The summed E-state index contributed by atoms with van der Waals surface area (Å²) < 4.78 is 5.05. The summed E-state index contributed by atoms with van der Waals surface area (Å²) in [5, 5.41) is 11.5. The number of hydrogen-bond acceptors (Lipinski definition) is 5. The number of fused-ring (bicyclic) bond motifs is 2. The van der Waals surface area contributed by atoms with Crippen molar-refractivity contribution in [3.05, 3.63) is 12.2 Å². The maximum Gasteiger partial charge on any atom is 0.310 e. The van der Waals surface area contributed by atoms with Crippen LogP contribution >= 0.6 is 0 Å². The van der Waals surface area contributed by atoms with Crippen molar-refractivity contribution in [1.29, 1.82) is 0 Å². The highest BCUT2D eigenvalue weighted by Crippen LogP contribution is 2.48. The number of esters is 1. The molecule has 1 amide bonds. The molecule has 0 aromatic heterocycles. The summed E-state index contributed by atoms with van der Waals surface area (Å²) in [6.45, 7) is 2.99. The molecule has 2 aliphatic carbocycles. The molecule has 3 aliphatic rings. The molecular formula is C17H22NO5-. The van der Waals surface area contributed by atoms with Crippen LogP contribution in [0.1, 0.15) is 26.2 Å². The fourth-order valence-corrected chi connectivity index (χ4v) is 4.32. The van der Waals surface area contributed by atoms with Crippen molar-refractivity contribution in [2.45, 2.75) is 26.2 Å². The Bertz CT molecular complexity index is 543. The molecule has 2 fully saturated rings.